The molecule has 4 nitrogen and oxygen atoms in total. The number of rotatable bonds is 5. The number of allylic oxidation sites excluding steroid dienone is 7. The predicted octanol–water partition coefficient (Wildman–Crippen LogP) is 5.78. The molecule has 5 heteroatoms. The fourth-order valence-electron chi connectivity index (χ4n) is 4.57. The molecule has 2 aromatic heterocycles. The molecule has 0 bridgehead atoms. The smallest absolute Gasteiger partial charge is 0.0589 e. The molecule has 1 aliphatic heterocycles. The molecule has 3 heterocycles. The van der Waals surface area contributed by atoms with Gasteiger partial charge in [-0.05, 0) is 67.8 Å². The summed E-state index contributed by atoms with van der Waals surface area (Å²) in [6, 6.07) is 0. The number of hydrogen-bond donors (Lipinski definition) is 0. The molecule has 3 aliphatic rings. The summed E-state index contributed by atoms with van der Waals surface area (Å²) in [5.41, 5.74) is 8.99. The van der Waals surface area contributed by atoms with E-state index < -0.39 is 0 Å². The lowest BCUT2D eigenvalue weighted by atomic mass is 9.83. The van der Waals surface area contributed by atoms with Gasteiger partial charge >= 0.3 is 0 Å². The van der Waals surface area contributed by atoms with Crippen LogP contribution < -0.4 is 0 Å². The SMILES string of the molecule is CCn1cc(C2=CN=C3C(Cc4snc(C)c4C4=CCCCC4)=CC=CC23)cn1. The van der Waals surface area contributed by atoms with Crippen LogP contribution in [0.25, 0.3) is 11.1 Å². The van der Waals surface area contributed by atoms with Gasteiger partial charge in [0.1, 0.15) is 0 Å². The number of aliphatic imine (C=N–C) groups is 1. The first-order valence-electron chi connectivity index (χ1n) is 10.6. The zero-order valence-electron chi connectivity index (χ0n) is 17.1. The Hall–Kier alpha value is -2.53. The highest BCUT2D eigenvalue weighted by atomic mass is 32.1. The van der Waals surface area contributed by atoms with Gasteiger partial charge in [-0.15, -0.1) is 0 Å². The maximum Gasteiger partial charge on any atom is 0.0589 e. The number of hydrogen-bond acceptors (Lipinski definition) is 4. The highest BCUT2D eigenvalue weighted by Gasteiger charge is 2.30. The molecule has 0 N–H and O–H groups in total. The molecule has 2 aliphatic carbocycles. The summed E-state index contributed by atoms with van der Waals surface area (Å²) in [6.45, 7) is 5.15. The first-order valence-corrected chi connectivity index (χ1v) is 11.3. The minimum absolute atomic E-state index is 0.232. The first kappa shape index (κ1) is 18.5. The average Bonchev–Trinajstić information content (AvgIpc) is 3.47. The third kappa shape index (κ3) is 3.38. The standard InChI is InChI=1S/C24H26N4S/c1-3-28-15-19(13-26-28)21-14-25-24-18(10-7-11-20(21)24)12-22-23(16(2)27-29-22)17-8-5-4-6-9-17/h7-8,10-11,13-15,20H,3-6,9,12H2,1-2H3. The molecule has 0 fully saturated rings. The van der Waals surface area contributed by atoms with E-state index in [9.17, 15) is 0 Å². The Morgan fingerprint density at radius 1 is 1.28 bits per heavy atom. The summed E-state index contributed by atoms with van der Waals surface area (Å²) < 4.78 is 6.68. The Morgan fingerprint density at radius 2 is 2.21 bits per heavy atom. The van der Waals surface area contributed by atoms with Gasteiger partial charge < -0.3 is 0 Å². The molecule has 0 spiro atoms. The van der Waals surface area contributed by atoms with Crippen molar-refractivity contribution in [3.63, 3.8) is 0 Å². The molecule has 29 heavy (non-hydrogen) atoms. The van der Waals surface area contributed by atoms with Gasteiger partial charge in [0.25, 0.3) is 0 Å². The Labute approximate surface area is 176 Å². The summed E-state index contributed by atoms with van der Waals surface area (Å²) in [4.78, 5) is 6.23. The van der Waals surface area contributed by atoms with Gasteiger partial charge in [-0.25, -0.2) is 0 Å². The summed E-state index contributed by atoms with van der Waals surface area (Å²) >= 11 is 1.66. The molecule has 0 aromatic carbocycles. The van der Waals surface area contributed by atoms with Crippen molar-refractivity contribution < 1.29 is 0 Å². The van der Waals surface area contributed by atoms with E-state index in [0.717, 1.165) is 13.0 Å². The molecule has 0 saturated heterocycles. The van der Waals surface area contributed by atoms with E-state index in [-0.39, 0.29) is 5.92 Å². The van der Waals surface area contributed by atoms with Crippen LogP contribution in [0.2, 0.25) is 0 Å². The van der Waals surface area contributed by atoms with Gasteiger partial charge in [-0.1, -0.05) is 24.3 Å². The van der Waals surface area contributed by atoms with Crippen molar-refractivity contribution in [2.45, 2.75) is 52.5 Å². The monoisotopic (exact) mass is 402 g/mol. The third-order valence-corrected chi connectivity index (χ3v) is 7.02. The second kappa shape index (κ2) is 7.71. The van der Waals surface area contributed by atoms with E-state index in [1.165, 1.54) is 69.8 Å². The molecule has 1 atom stereocenters. The van der Waals surface area contributed by atoms with E-state index in [4.69, 9.17) is 9.37 Å². The average molecular weight is 403 g/mol. The third-order valence-electron chi connectivity index (χ3n) is 6.09. The van der Waals surface area contributed by atoms with Crippen LogP contribution in [0.3, 0.4) is 0 Å². The van der Waals surface area contributed by atoms with Crippen molar-refractivity contribution in [3.05, 3.63) is 70.2 Å². The van der Waals surface area contributed by atoms with E-state index in [2.05, 4.69) is 49.4 Å². The Kier molecular flexibility index (Phi) is 4.92. The van der Waals surface area contributed by atoms with Crippen LogP contribution in [0, 0.1) is 12.8 Å². The van der Waals surface area contributed by atoms with Crippen molar-refractivity contribution >= 4 is 28.4 Å². The van der Waals surface area contributed by atoms with E-state index in [1.807, 2.05) is 17.1 Å². The Bertz CT molecular complexity index is 1090. The summed E-state index contributed by atoms with van der Waals surface area (Å²) in [6.07, 6.45) is 21.1. The van der Waals surface area contributed by atoms with Crippen LogP contribution in [-0.2, 0) is 13.0 Å². The summed E-state index contributed by atoms with van der Waals surface area (Å²) in [5.74, 6) is 0.232. The van der Waals surface area contributed by atoms with E-state index in [1.54, 1.807) is 11.5 Å². The lowest BCUT2D eigenvalue weighted by molar-refractivity contribution is 0.659. The number of aryl methyl sites for hydroxylation is 2. The fraction of sp³-hybridized carbons (Fsp3) is 0.375. The zero-order valence-corrected chi connectivity index (χ0v) is 17.9. The highest BCUT2D eigenvalue weighted by Crippen LogP contribution is 2.38. The molecule has 0 amide bonds. The number of aromatic nitrogens is 3. The van der Waals surface area contributed by atoms with Crippen LogP contribution >= 0.6 is 11.5 Å². The first-order chi connectivity index (χ1) is 14.2. The quantitative estimate of drug-likeness (QED) is 0.636. The predicted molar refractivity (Wildman–Crippen MR) is 121 cm³/mol. The van der Waals surface area contributed by atoms with Crippen LogP contribution in [-0.4, -0.2) is 19.9 Å². The molecule has 0 saturated carbocycles. The van der Waals surface area contributed by atoms with Gasteiger partial charge in [0, 0.05) is 47.3 Å². The summed E-state index contributed by atoms with van der Waals surface area (Å²) in [5, 5.41) is 4.44. The summed E-state index contributed by atoms with van der Waals surface area (Å²) in [7, 11) is 0. The fourth-order valence-corrected chi connectivity index (χ4v) is 5.50. The molecular formula is C24H26N4S. The number of nitrogens with zero attached hydrogens (tertiary/aromatic N) is 4. The maximum absolute atomic E-state index is 4.84. The lowest BCUT2D eigenvalue weighted by Crippen LogP contribution is -2.17. The van der Waals surface area contributed by atoms with Gasteiger partial charge in [-0.3, -0.25) is 9.67 Å². The van der Waals surface area contributed by atoms with Crippen LogP contribution in [0.1, 0.15) is 54.3 Å². The lowest BCUT2D eigenvalue weighted by Gasteiger charge is -2.20. The molecule has 1 unspecified atom stereocenters. The van der Waals surface area contributed by atoms with Crippen molar-refractivity contribution in [1.29, 1.82) is 0 Å². The Morgan fingerprint density at radius 3 is 3.00 bits per heavy atom. The minimum Gasteiger partial charge on any atom is -0.272 e. The van der Waals surface area contributed by atoms with E-state index >= 15 is 0 Å². The molecule has 2 aromatic rings. The topological polar surface area (TPSA) is 43.1 Å². The van der Waals surface area contributed by atoms with Crippen LogP contribution in [0.15, 0.2) is 53.5 Å². The number of fused-ring (bicyclic) bond motifs is 1. The van der Waals surface area contributed by atoms with Crippen LogP contribution in [0.5, 0.6) is 0 Å². The van der Waals surface area contributed by atoms with Crippen molar-refractivity contribution in [2.75, 3.05) is 0 Å². The largest absolute Gasteiger partial charge is 0.272 e. The van der Waals surface area contributed by atoms with Gasteiger partial charge in [0.05, 0.1) is 17.6 Å². The second-order valence-electron chi connectivity index (χ2n) is 7.96. The maximum atomic E-state index is 4.84. The molecule has 5 rings (SSSR count). The second-order valence-corrected chi connectivity index (χ2v) is 8.81. The Balaban J connectivity index is 1.40. The highest BCUT2D eigenvalue weighted by molar-refractivity contribution is 7.06. The van der Waals surface area contributed by atoms with Crippen molar-refractivity contribution in [3.8, 4) is 0 Å². The molecule has 148 valence electrons. The van der Waals surface area contributed by atoms with Gasteiger partial charge in [0.2, 0.25) is 0 Å². The zero-order chi connectivity index (χ0) is 19.8. The van der Waals surface area contributed by atoms with Gasteiger partial charge in [0.15, 0.2) is 0 Å². The molecule has 0 radical (unpaired) electrons. The minimum atomic E-state index is 0.232. The van der Waals surface area contributed by atoms with Crippen molar-refractivity contribution in [1.82, 2.24) is 14.2 Å². The van der Waals surface area contributed by atoms with Gasteiger partial charge in [-0.2, -0.15) is 9.47 Å². The van der Waals surface area contributed by atoms with E-state index in [0.29, 0.717) is 0 Å². The van der Waals surface area contributed by atoms with Crippen LogP contribution in [0.4, 0.5) is 0 Å². The normalized spacial score (nSPS) is 20.8. The molecular weight excluding hydrogens is 376 g/mol. The van der Waals surface area contributed by atoms with Crippen molar-refractivity contribution in [2.24, 2.45) is 10.9 Å².